The fraction of sp³-hybridized carbons (Fsp3) is 0.333. The lowest BCUT2D eigenvalue weighted by Gasteiger charge is -2.13. The number of cyclic esters (lactones) is 1. The minimum Gasteiger partial charge on any atom is -0.477 e. The third-order valence-corrected chi connectivity index (χ3v) is 4.34. The minimum atomic E-state index is -4.77. The molecule has 11 heteroatoms. The topological polar surface area (TPSA) is 53.4 Å². The number of aryl methyl sites for hydroxylation is 1. The summed E-state index contributed by atoms with van der Waals surface area (Å²) in [5.74, 6) is -1.64. The van der Waals surface area contributed by atoms with Gasteiger partial charge in [0.05, 0.1) is 16.7 Å². The van der Waals surface area contributed by atoms with Gasteiger partial charge in [-0.05, 0) is 12.1 Å². The zero-order chi connectivity index (χ0) is 19.2. The Bertz CT molecular complexity index is 883. The number of rotatable bonds is 3. The molecule has 0 spiro atoms. The second-order valence-corrected chi connectivity index (χ2v) is 6.24. The van der Waals surface area contributed by atoms with Gasteiger partial charge in [-0.25, -0.2) is 9.18 Å². The van der Waals surface area contributed by atoms with E-state index in [9.17, 15) is 22.4 Å². The van der Waals surface area contributed by atoms with E-state index in [2.05, 4.69) is 5.10 Å². The van der Waals surface area contributed by atoms with Crippen molar-refractivity contribution in [3.05, 3.63) is 33.7 Å². The van der Waals surface area contributed by atoms with Crippen LogP contribution in [0.1, 0.15) is 12.1 Å². The van der Waals surface area contributed by atoms with E-state index in [4.69, 9.17) is 32.7 Å². The number of nitrogens with zero attached hydrogens (tertiary/aromatic N) is 2. The van der Waals surface area contributed by atoms with E-state index < -0.39 is 40.5 Å². The van der Waals surface area contributed by atoms with Crippen molar-refractivity contribution in [1.82, 2.24) is 9.78 Å². The molecule has 0 amide bonds. The van der Waals surface area contributed by atoms with E-state index >= 15 is 0 Å². The summed E-state index contributed by atoms with van der Waals surface area (Å²) in [5.41, 5.74) is -1.98. The van der Waals surface area contributed by atoms with Crippen molar-refractivity contribution in [2.24, 2.45) is 7.05 Å². The van der Waals surface area contributed by atoms with Gasteiger partial charge in [0.15, 0.2) is 11.8 Å². The van der Waals surface area contributed by atoms with Gasteiger partial charge in [-0.15, -0.1) is 0 Å². The summed E-state index contributed by atoms with van der Waals surface area (Å²) in [6.07, 6.45) is -5.44. The summed E-state index contributed by atoms with van der Waals surface area (Å²) in [5, 5.41) is 2.74. The van der Waals surface area contributed by atoms with Crippen LogP contribution in [-0.4, -0.2) is 28.5 Å². The van der Waals surface area contributed by atoms with Crippen molar-refractivity contribution >= 4 is 29.2 Å². The van der Waals surface area contributed by atoms with Crippen molar-refractivity contribution in [1.29, 1.82) is 0 Å². The van der Waals surface area contributed by atoms with Crippen LogP contribution in [0.2, 0.25) is 10.0 Å². The van der Waals surface area contributed by atoms with Crippen LogP contribution in [0.3, 0.4) is 0 Å². The predicted octanol–water partition coefficient (Wildman–Crippen LogP) is 4.25. The van der Waals surface area contributed by atoms with Crippen LogP contribution in [-0.2, 0) is 22.8 Å². The molecule has 0 bridgehead atoms. The third-order valence-electron chi connectivity index (χ3n) is 3.69. The Hall–Kier alpha value is -2.00. The van der Waals surface area contributed by atoms with Gasteiger partial charge in [0, 0.05) is 19.0 Å². The van der Waals surface area contributed by atoms with Crippen molar-refractivity contribution < 1.29 is 31.8 Å². The second kappa shape index (κ2) is 6.62. The molecule has 5 nitrogen and oxygen atoms in total. The standard InChI is InChI=1S/C15H10Cl2F4N2O3/c1-23-13(15(19,20)21)11(17)12(22-23)6-4-10(7(16)5-8(6)18)26-9-2-3-25-14(9)24/h4-5,9H,2-3H2,1H3. The molecule has 1 aromatic carbocycles. The van der Waals surface area contributed by atoms with Crippen molar-refractivity contribution in [3.8, 4) is 17.0 Å². The van der Waals surface area contributed by atoms with Crippen LogP contribution < -0.4 is 4.74 Å². The Kier molecular flexibility index (Phi) is 4.78. The number of carbonyl (C=O) groups is 1. The summed E-state index contributed by atoms with van der Waals surface area (Å²) in [6.45, 7) is 0.163. The first kappa shape index (κ1) is 18.8. The van der Waals surface area contributed by atoms with Crippen molar-refractivity contribution in [2.75, 3.05) is 6.61 Å². The molecule has 0 saturated carbocycles. The molecule has 2 aromatic rings. The lowest BCUT2D eigenvalue weighted by molar-refractivity contribution is -0.144. The monoisotopic (exact) mass is 412 g/mol. The Balaban J connectivity index is 2.06. The fourth-order valence-electron chi connectivity index (χ4n) is 2.52. The van der Waals surface area contributed by atoms with E-state index in [1.807, 2.05) is 0 Å². The van der Waals surface area contributed by atoms with Crippen molar-refractivity contribution in [3.63, 3.8) is 0 Å². The molecule has 2 heterocycles. The lowest BCUT2D eigenvalue weighted by atomic mass is 10.1. The predicted molar refractivity (Wildman–Crippen MR) is 83.6 cm³/mol. The number of ether oxygens (including phenoxy) is 2. The van der Waals surface area contributed by atoms with Gasteiger partial charge in [-0.1, -0.05) is 23.2 Å². The van der Waals surface area contributed by atoms with E-state index in [1.165, 1.54) is 0 Å². The maximum atomic E-state index is 14.3. The molecule has 1 fully saturated rings. The number of carbonyl (C=O) groups excluding carboxylic acids is 1. The number of benzene rings is 1. The first-order chi connectivity index (χ1) is 12.1. The molecule has 1 aliphatic heterocycles. The van der Waals surface area contributed by atoms with Crippen molar-refractivity contribution in [2.45, 2.75) is 18.7 Å². The van der Waals surface area contributed by atoms with Gasteiger partial charge in [0.25, 0.3) is 0 Å². The molecule has 3 rings (SSSR count). The molecule has 140 valence electrons. The lowest BCUT2D eigenvalue weighted by Crippen LogP contribution is -2.21. The molecule has 1 unspecified atom stereocenters. The average molecular weight is 413 g/mol. The number of hydrogen-bond acceptors (Lipinski definition) is 4. The third kappa shape index (κ3) is 3.33. The summed E-state index contributed by atoms with van der Waals surface area (Å²) in [7, 11) is 1.04. The molecule has 1 aliphatic rings. The number of halogens is 6. The van der Waals surface area contributed by atoms with Gasteiger partial charge >= 0.3 is 12.1 Å². The van der Waals surface area contributed by atoms with Gasteiger partial charge in [0.2, 0.25) is 0 Å². The Morgan fingerprint density at radius 2 is 2.04 bits per heavy atom. The number of aromatic nitrogens is 2. The fourth-order valence-corrected chi connectivity index (χ4v) is 3.08. The van der Waals surface area contributed by atoms with Crippen LogP contribution >= 0.6 is 23.2 Å². The van der Waals surface area contributed by atoms with Gasteiger partial charge < -0.3 is 9.47 Å². The van der Waals surface area contributed by atoms with E-state index in [-0.39, 0.29) is 29.4 Å². The zero-order valence-corrected chi connectivity index (χ0v) is 14.5. The smallest absolute Gasteiger partial charge is 0.434 e. The molecule has 1 saturated heterocycles. The van der Waals surface area contributed by atoms with E-state index in [0.29, 0.717) is 4.68 Å². The summed E-state index contributed by atoms with van der Waals surface area (Å²) in [6, 6.07) is 1.91. The highest BCUT2D eigenvalue weighted by Crippen LogP contribution is 2.42. The number of esters is 1. The Morgan fingerprint density at radius 3 is 2.58 bits per heavy atom. The summed E-state index contributed by atoms with van der Waals surface area (Å²) in [4.78, 5) is 11.5. The summed E-state index contributed by atoms with van der Waals surface area (Å²) >= 11 is 11.7. The first-order valence-corrected chi connectivity index (χ1v) is 7.97. The second-order valence-electron chi connectivity index (χ2n) is 5.46. The van der Waals surface area contributed by atoms with Crippen LogP contribution in [0.15, 0.2) is 12.1 Å². The molecule has 1 atom stereocenters. The summed E-state index contributed by atoms with van der Waals surface area (Å²) < 4.78 is 64.2. The van der Waals surface area contributed by atoms with E-state index in [1.54, 1.807) is 0 Å². The highest BCUT2D eigenvalue weighted by molar-refractivity contribution is 6.34. The number of alkyl halides is 3. The highest BCUT2D eigenvalue weighted by atomic mass is 35.5. The Labute approximate surface area is 154 Å². The van der Waals surface area contributed by atoms with Crippen LogP contribution in [0.25, 0.3) is 11.3 Å². The Morgan fingerprint density at radius 1 is 1.35 bits per heavy atom. The number of hydrogen-bond donors (Lipinski definition) is 0. The molecule has 1 aromatic heterocycles. The molecular weight excluding hydrogens is 403 g/mol. The van der Waals surface area contributed by atoms with Gasteiger partial charge in [-0.2, -0.15) is 18.3 Å². The quantitative estimate of drug-likeness (QED) is 0.558. The first-order valence-electron chi connectivity index (χ1n) is 7.22. The molecule has 26 heavy (non-hydrogen) atoms. The van der Waals surface area contributed by atoms with E-state index in [0.717, 1.165) is 19.2 Å². The molecule has 0 radical (unpaired) electrons. The zero-order valence-electron chi connectivity index (χ0n) is 13.0. The van der Waals surface area contributed by atoms with Gasteiger partial charge in [-0.3, -0.25) is 4.68 Å². The minimum absolute atomic E-state index is 0.0952. The average Bonchev–Trinajstić information content (AvgIpc) is 3.04. The van der Waals surface area contributed by atoms with Crippen LogP contribution in [0.4, 0.5) is 17.6 Å². The maximum absolute atomic E-state index is 14.3. The van der Waals surface area contributed by atoms with Crippen LogP contribution in [0.5, 0.6) is 5.75 Å². The molecule has 0 N–H and O–H groups in total. The van der Waals surface area contributed by atoms with Crippen LogP contribution in [0, 0.1) is 5.82 Å². The largest absolute Gasteiger partial charge is 0.477 e. The van der Waals surface area contributed by atoms with Gasteiger partial charge in [0.1, 0.15) is 17.3 Å². The normalized spacial score (nSPS) is 17.5. The molecule has 0 aliphatic carbocycles. The molecular formula is C15H10Cl2F4N2O3. The highest BCUT2D eigenvalue weighted by Gasteiger charge is 2.39. The maximum Gasteiger partial charge on any atom is 0.434 e. The SMILES string of the molecule is Cn1nc(-c2cc(OC3CCOC3=O)c(Cl)cc2F)c(Cl)c1C(F)(F)F.